The van der Waals surface area contributed by atoms with Gasteiger partial charge in [0, 0.05) is 0 Å². The second-order valence-corrected chi connectivity index (χ2v) is 3.75. The smallest absolute Gasteiger partial charge is 0.433 e. The number of alkyl halides is 3. The van der Waals surface area contributed by atoms with Crippen molar-refractivity contribution < 1.29 is 17.9 Å². The molecule has 1 aromatic carbocycles. The lowest BCUT2D eigenvalue weighted by molar-refractivity contribution is -0.142. The third-order valence-corrected chi connectivity index (χ3v) is 2.44. The van der Waals surface area contributed by atoms with E-state index in [0.29, 0.717) is 11.4 Å². The molecule has 0 aliphatic heterocycles. The van der Waals surface area contributed by atoms with Crippen molar-refractivity contribution in [1.29, 1.82) is 0 Å². The van der Waals surface area contributed by atoms with Crippen LogP contribution in [0.3, 0.4) is 0 Å². The molecular weight excluding hydrogens is 245 g/mol. The number of methoxy groups -OCH3 is 1. The molecule has 0 spiro atoms. The summed E-state index contributed by atoms with van der Waals surface area (Å²) >= 11 is 0. The van der Waals surface area contributed by atoms with Crippen LogP contribution in [0.4, 0.5) is 13.2 Å². The normalized spacial score (nSPS) is 11.6. The maximum absolute atomic E-state index is 12.9. The number of aromatic nitrogens is 2. The standard InChI is InChI=1S/C12H11F3N2O/c1-8-7-11(12(13,14)15)17(16-8)9-5-3-4-6-10(9)18-2/h3-7H,1-2H3. The van der Waals surface area contributed by atoms with Crippen LogP contribution in [0, 0.1) is 6.92 Å². The number of hydrogen-bond donors (Lipinski definition) is 0. The molecule has 0 atom stereocenters. The van der Waals surface area contributed by atoms with E-state index < -0.39 is 11.9 Å². The lowest BCUT2D eigenvalue weighted by atomic mass is 10.3. The minimum Gasteiger partial charge on any atom is -0.494 e. The molecule has 0 aliphatic carbocycles. The summed E-state index contributed by atoms with van der Waals surface area (Å²) in [4.78, 5) is 0. The molecule has 0 radical (unpaired) electrons. The average Bonchev–Trinajstić information content (AvgIpc) is 2.71. The highest BCUT2D eigenvalue weighted by Gasteiger charge is 2.36. The molecule has 0 N–H and O–H groups in total. The summed E-state index contributed by atoms with van der Waals surface area (Å²) in [5.74, 6) is 0.339. The van der Waals surface area contributed by atoms with E-state index in [1.807, 2.05) is 0 Å². The first-order chi connectivity index (χ1) is 8.43. The van der Waals surface area contributed by atoms with Crippen LogP contribution in [0.15, 0.2) is 30.3 Å². The Morgan fingerprint density at radius 2 is 1.89 bits per heavy atom. The van der Waals surface area contributed by atoms with E-state index in [9.17, 15) is 13.2 Å². The van der Waals surface area contributed by atoms with Gasteiger partial charge in [0.2, 0.25) is 0 Å². The van der Waals surface area contributed by atoms with E-state index in [0.717, 1.165) is 10.7 Å². The van der Waals surface area contributed by atoms with E-state index in [2.05, 4.69) is 5.10 Å². The Labute approximate surface area is 102 Å². The van der Waals surface area contributed by atoms with Crippen LogP contribution in [-0.2, 0) is 6.18 Å². The summed E-state index contributed by atoms with van der Waals surface area (Å²) in [6, 6.07) is 7.44. The van der Waals surface area contributed by atoms with Gasteiger partial charge in [-0.15, -0.1) is 0 Å². The molecule has 0 fully saturated rings. The van der Waals surface area contributed by atoms with Gasteiger partial charge in [0.05, 0.1) is 12.8 Å². The molecule has 0 saturated carbocycles. The monoisotopic (exact) mass is 256 g/mol. The Hall–Kier alpha value is -1.98. The van der Waals surface area contributed by atoms with Crippen molar-refractivity contribution in [2.24, 2.45) is 0 Å². The molecule has 0 aliphatic rings. The van der Waals surface area contributed by atoms with Crippen molar-refractivity contribution in [1.82, 2.24) is 9.78 Å². The number of benzene rings is 1. The Morgan fingerprint density at radius 3 is 2.50 bits per heavy atom. The third kappa shape index (κ3) is 2.18. The molecule has 96 valence electrons. The number of halogens is 3. The molecule has 18 heavy (non-hydrogen) atoms. The maximum Gasteiger partial charge on any atom is 0.433 e. The van der Waals surface area contributed by atoms with Crippen LogP contribution in [0.5, 0.6) is 5.75 Å². The van der Waals surface area contributed by atoms with Crippen LogP contribution in [-0.4, -0.2) is 16.9 Å². The molecule has 2 aromatic rings. The second kappa shape index (κ2) is 4.36. The highest BCUT2D eigenvalue weighted by Crippen LogP contribution is 2.33. The van der Waals surface area contributed by atoms with Crippen LogP contribution >= 0.6 is 0 Å². The zero-order valence-electron chi connectivity index (χ0n) is 9.82. The van der Waals surface area contributed by atoms with E-state index in [1.165, 1.54) is 20.1 Å². The van der Waals surface area contributed by atoms with E-state index in [1.54, 1.807) is 18.2 Å². The number of nitrogens with zero attached hydrogens (tertiary/aromatic N) is 2. The fourth-order valence-corrected chi connectivity index (χ4v) is 1.69. The van der Waals surface area contributed by atoms with Crippen molar-refractivity contribution in [2.45, 2.75) is 13.1 Å². The fraction of sp³-hybridized carbons (Fsp3) is 0.250. The summed E-state index contributed by atoms with van der Waals surface area (Å²) in [5.41, 5.74) is -0.252. The second-order valence-electron chi connectivity index (χ2n) is 3.75. The minimum absolute atomic E-state index is 0.264. The Kier molecular flexibility index (Phi) is 3.02. The summed E-state index contributed by atoms with van der Waals surface area (Å²) in [5, 5.41) is 3.87. The van der Waals surface area contributed by atoms with Gasteiger partial charge in [0.25, 0.3) is 0 Å². The quantitative estimate of drug-likeness (QED) is 0.825. The first-order valence-corrected chi connectivity index (χ1v) is 5.20. The van der Waals surface area contributed by atoms with Crippen molar-refractivity contribution in [3.63, 3.8) is 0 Å². The fourth-order valence-electron chi connectivity index (χ4n) is 1.69. The molecule has 0 saturated heterocycles. The van der Waals surface area contributed by atoms with Crippen molar-refractivity contribution in [3.8, 4) is 11.4 Å². The topological polar surface area (TPSA) is 27.1 Å². The van der Waals surface area contributed by atoms with Crippen molar-refractivity contribution in [3.05, 3.63) is 41.7 Å². The highest BCUT2D eigenvalue weighted by molar-refractivity contribution is 5.47. The van der Waals surface area contributed by atoms with Crippen molar-refractivity contribution in [2.75, 3.05) is 7.11 Å². The van der Waals surface area contributed by atoms with Gasteiger partial charge < -0.3 is 4.74 Å². The van der Waals surface area contributed by atoms with Crippen LogP contribution in [0.2, 0.25) is 0 Å². The van der Waals surface area contributed by atoms with E-state index in [4.69, 9.17) is 4.74 Å². The first kappa shape index (κ1) is 12.5. The summed E-state index contributed by atoms with van der Waals surface area (Å²) in [7, 11) is 1.41. The molecule has 3 nitrogen and oxygen atoms in total. The molecule has 1 heterocycles. The van der Waals surface area contributed by atoms with Gasteiger partial charge in [-0.25, -0.2) is 4.68 Å². The number of ether oxygens (including phenoxy) is 1. The number of para-hydroxylation sites is 2. The molecule has 0 unspecified atom stereocenters. The molecule has 1 aromatic heterocycles. The predicted octanol–water partition coefficient (Wildman–Crippen LogP) is 3.21. The number of hydrogen-bond acceptors (Lipinski definition) is 2. The molecule has 2 rings (SSSR count). The van der Waals surface area contributed by atoms with Gasteiger partial charge in [-0.1, -0.05) is 12.1 Å². The number of rotatable bonds is 2. The van der Waals surface area contributed by atoms with Gasteiger partial charge in [-0.3, -0.25) is 0 Å². The van der Waals surface area contributed by atoms with Crippen LogP contribution in [0.1, 0.15) is 11.4 Å². The lowest BCUT2D eigenvalue weighted by Gasteiger charge is -2.12. The van der Waals surface area contributed by atoms with Crippen LogP contribution in [0.25, 0.3) is 5.69 Å². The molecular formula is C12H11F3N2O. The molecule has 0 amide bonds. The highest BCUT2D eigenvalue weighted by atomic mass is 19.4. The van der Waals surface area contributed by atoms with E-state index >= 15 is 0 Å². The maximum atomic E-state index is 12.9. The van der Waals surface area contributed by atoms with Gasteiger partial charge >= 0.3 is 6.18 Å². The van der Waals surface area contributed by atoms with Crippen molar-refractivity contribution >= 4 is 0 Å². The SMILES string of the molecule is COc1ccccc1-n1nc(C)cc1C(F)(F)F. The van der Waals surface area contributed by atoms with Gasteiger partial charge in [-0.2, -0.15) is 18.3 Å². The summed E-state index contributed by atoms with van der Waals surface area (Å²) in [6.45, 7) is 1.52. The average molecular weight is 256 g/mol. The molecule has 0 bridgehead atoms. The van der Waals surface area contributed by atoms with Gasteiger partial charge in [0.1, 0.15) is 17.1 Å². The lowest BCUT2D eigenvalue weighted by Crippen LogP contribution is -2.13. The minimum atomic E-state index is -4.46. The van der Waals surface area contributed by atoms with Gasteiger partial charge in [-0.05, 0) is 25.1 Å². The third-order valence-electron chi connectivity index (χ3n) is 2.44. The Bertz CT molecular complexity index is 561. The van der Waals surface area contributed by atoms with Gasteiger partial charge in [0.15, 0.2) is 0 Å². The largest absolute Gasteiger partial charge is 0.494 e. The first-order valence-electron chi connectivity index (χ1n) is 5.20. The summed E-state index contributed by atoms with van der Waals surface area (Å²) in [6.07, 6.45) is -4.46. The zero-order chi connectivity index (χ0) is 13.3. The zero-order valence-corrected chi connectivity index (χ0v) is 9.82. The Balaban J connectivity index is 2.64. The van der Waals surface area contributed by atoms with E-state index in [-0.39, 0.29) is 5.69 Å². The van der Waals surface area contributed by atoms with Crippen LogP contribution < -0.4 is 4.74 Å². The molecule has 6 heteroatoms. The predicted molar refractivity (Wildman–Crippen MR) is 59.9 cm³/mol. The summed E-state index contributed by atoms with van der Waals surface area (Å²) < 4.78 is 44.5. The Morgan fingerprint density at radius 1 is 1.22 bits per heavy atom. The number of aryl methyl sites for hydroxylation is 1.